The van der Waals surface area contributed by atoms with E-state index < -0.39 is 0 Å². The van der Waals surface area contributed by atoms with Crippen molar-refractivity contribution in [1.29, 1.82) is 0 Å². The third-order valence-corrected chi connectivity index (χ3v) is 4.59. The van der Waals surface area contributed by atoms with E-state index in [9.17, 15) is 4.79 Å². The number of aromatic nitrogens is 1. The van der Waals surface area contributed by atoms with Crippen LogP contribution >= 0.6 is 11.3 Å². The minimum atomic E-state index is -0.344. The van der Waals surface area contributed by atoms with Crippen LogP contribution < -0.4 is 4.80 Å². The summed E-state index contributed by atoms with van der Waals surface area (Å²) in [7, 11) is 0. The molecule has 0 atom stereocenters. The molecule has 0 saturated carbocycles. The highest BCUT2D eigenvalue weighted by Gasteiger charge is 2.11. The van der Waals surface area contributed by atoms with Gasteiger partial charge >= 0.3 is 5.91 Å². The molecule has 0 radical (unpaired) electrons. The van der Waals surface area contributed by atoms with Crippen LogP contribution in [-0.4, -0.2) is 10.5 Å². The van der Waals surface area contributed by atoms with Gasteiger partial charge in [0.15, 0.2) is 10.6 Å². The molecule has 3 aromatic rings. The van der Waals surface area contributed by atoms with Crippen LogP contribution in [0.4, 0.5) is 0 Å². The highest BCUT2D eigenvalue weighted by molar-refractivity contribution is 7.16. The summed E-state index contributed by atoms with van der Waals surface area (Å²) < 4.78 is 8.35. The predicted molar refractivity (Wildman–Crippen MR) is 83.6 cm³/mol. The number of rotatable bonds is 2. The Hall–Kier alpha value is -2.14. The number of aryl methyl sites for hydroxylation is 3. The zero-order valence-corrected chi connectivity index (χ0v) is 13.0. The van der Waals surface area contributed by atoms with Gasteiger partial charge in [0, 0.05) is 6.54 Å². The first kappa shape index (κ1) is 13.8. The number of thiazole rings is 1. The van der Waals surface area contributed by atoms with E-state index in [1.165, 1.54) is 22.1 Å². The first-order valence-electron chi connectivity index (χ1n) is 6.83. The second-order valence-electron chi connectivity index (χ2n) is 4.95. The van der Waals surface area contributed by atoms with Crippen molar-refractivity contribution in [3.8, 4) is 0 Å². The fourth-order valence-electron chi connectivity index (χ4n) is 2.45. The molecule has 1 amide bonds. The number of amides is 1. The van der Waals surface area contributed by atoms with Gasteiger partial charge in [0.25, 0.3) is 0 Å². The van der Waals surface area contributed by atoms with Crippen LogP contribution in [0.3, 0.4) is 0 Å². The van der Waals surface area contributed by atoms with Gasteiger partial charge in [-0.05, 0) is 50.1 Å². The van der Waals surface area contributed by atoms with Crippen LogP contribution in [0, 0.1) is 13.8 Å². The van der Waals surface area contributed by atoms with Crippen LogP contribution in [0.2, 0.25) is 0 Å². The molecule has 0 spiro atoms. The smallest absolute Gasteiger partial charge is 0.315 e. The zero-order chi connectivity index (χ0) is 15.0. The average molecular weight is 300 g/mol. The highest BCUT2D eigenvalue weighted by atomic mass is 32.1. The van der Waals surface area contributed by atoms with Crippen molar-refractivity contribution in [2.75, 3.05) is 0 Å². The van der Waals surface area contributed by atoms with E-state index in [0.717, 1.165) is 12.1 Å². The van der Waals surface area contributed by atoms with Crippen molar-refractivity contribution in [3.05, 3.63) is 52.2 Å². The van der Waals surface area contributed by atoms with E-state index in [-0.39, 0.29) is 11.7 Å². The molecule has 5 heteroatoms. The lowest BCUT2D eigenvalue weighted by atomic mass is 10.1. The molecule has 0 aliphatic heterocycles. The SMILES string of the molecule is CCn1c(=NC(=O)c2ccco2)sc2c(C)cc(C)cc21. The Morgan fingerprint density at radius 3 is 2.86 bits per heavy atom. The van der Waals surface area contributed by atoms with Crippen molar-refractivity contribution < 1.29 is 9.21 Å². The fraction of sp³-hybridized carbons (Fsp3) is 0.250. The van der Waals surface area contributed by atoms with Gasteiger partial charge in [0.05, 0.1) is 16.5 Å². The Labute approximate surface area is 126 Å². The molecule has 108 valence electrons. The van der Waals surface area contributed by atoms with E-state index in [1.54, 1.807) is 23.5 Å². The summed E-state index contributed by atoms with van der Waals surface area (Å²) in [6.45, 7) is 6.99. The van der Waals surface area contributed by atoms with Gasteiger partial charge in [-0.25, -0.2) is 0 Å². The molecule has 21 heavy (non-hydrogen) atoms. The predicted octanol–water partition coefficient (Wildman–Crippen LogP) is 3.67. The Morgan fingerprint density at radius 1 is 1.38 bits per heavy atom. The van der Waals surface area contributed by atoms with Gasteiger partial charge in [-0.15, -0.1) is 0 Å². The summed E-state index contributed by atoms with van der Waals surface area (Å²) in [5.74, 6) is -0.0776. The van der Waals surface area contributed by atoms with E-state index in [2.05, 4.69) is 42.5 Å². The Kier molecular flexibility index (Phi) is 3.51. The molecule has 0 aliphatic rings. The average Bonchev–Trinajstić information content (AvgIpc) is 3.06. The number of benzene rings is 1. The lowest BCUT2D eigenvalue weighted by molar-refractivity contribution is 0.0971. The number of carbonyl (C=O) groups is 1. The number of hydrogen-bond acceptors (Lipinski definition) is 3. The molecule has 4 nitrogen and oxygen atoms in total. The number of carbonyl (C=O) groups excluding carboxylic acids is 1. The van der Waals surface area contributed by atoms with Crippen molar-refractivity contribution in [2.24, 2.45) is 4.99 Å². The van der Waals surface area contributed by atoms with E-state index >= 15 is 0 Å². The summed E-state index contributed by atoms with van der Waals surface area (Å²) in [5, 5.41) is 0. The quantitative estimate of drug-likeness (QED) is 0.725. The maximum absolute atomic E-state index is 12.1. The van der Waals surface area contributed by atoms with Gasteiger partial charge in [-0.3, -0.25) is 4.79 Å². The van der Waals surface area contributed by atoms with E-state index in [0.29, 0.717) is 4.80 Å². The van der Waals surface area contributed by atoms with Crippen LogP contribution in [-0.2, 0) is 6.54 Å². The molecular weight excluding hydrogens is 284 g/mol. The van der Waals surface area contributed by atoms with Crippen LogP contribution in [0.15, 0.2) is 39.9 Å². The van der Waals surface area contributed by atoms with Crippen LogP contribution in [0.1, 0.15) is 28.6 Å². The van der Waals surface area contributed by atoms with E-state index in [1.807, 2.05) is 0 Å². The summed E-state index contributed by atoms with van der Waals surface area (Å²) >= 11 is 1.54. The topological polar surface area (TPSA) is 47.5 Å². The van der Waals surface area contributed by atoms with Crippen molar-refractivity contribution >= 4 is 27.5 Å². The third kappa shape index (κ3) is 2.45. The van der Waals surface area contributed by atoms with Crippen LogP contribution in [0.5, 0.6) is 0 Å². The maximum Gasteiger partial charge on any atom is 0.315 e. The number of hydrogen-bond donors (Lipinski definition) is 0. The maximum atomic E-state index is 12.1. The van der Waals surface area contributed by atoms with Gasteiger partial charge in [-0.1, -0.05) is 17.4 Å². The van der Waals surface area contributed by atoms with Crippen molar-refractivity contribution in [1.82, 2.24) is 4.57 Å². The minimum Gasteiger partial charge on any atom is -0.459 e. The number of fused-ring (bicyclic) bond motifs is 1. The second-order valence-corrected chi connectivity index (χ2v) is 5.93. The van der Waals surface area contributed by atoms with Gasteiger partial charge in [0.1, 0.15) is 0 Å². The van der Waals surface area contributed by atoms with Crippen LogP contribution in [0.25, 0.3) is 10.2 Å². The first-order chi connectivity index (χ1) is 10.1. The van der Waals surface area contributed by atoms with Crippen molar-refractivity contribution in [2.45, 2.75) is 27.3 Å². The summed E-state index contributed by atoms with van der Waals surface area (Å²) in [4.78, 5) is 17.0. The molecule has 2 heterocycles. The Bertz CT molecular complexity index is 870. The molecule has 0 fully saturated rings. The molecule has 0 saturated heterocycles. The van der Waals surface area contributed by atoms with Gasteiger partial charge in [0.2, 0.25) is 0 Å². The zero-order valence-electron chi connectivity index (χ0n) is 12.2. The van der Waals surface area contributed by atoms with Gasteiger partial charge < -0.3 is 8.98 Å². The molecular formula is C16H16N2O2S. The summed E-state index contributed by atoms with van der Waals surface area (Å²) in [6.07, 6.45) is 1.48. The second kappa shape index (κ2) is 5.33. The summed E-state index contributed by atoms with van der Waals surface area (Å²) in [6, 6.07) is 7.61. The normalized spacial score (nSPS) is 12.2. The Morgan fingerprint density at radius 2 is 2.19 bits per heavy atom. The fourth-order valence-corrected chi connectivity index (χ4v) is 3.59. The largest absolute Gasteiger partial charge is 0.459 e. The first-order valence-corrected chi connectivity index (χ1v) is 7.65. The number of furan rings is 1. The van der Waals surface area contributed by atoms with E-state index in [4.69, 9.17) is 4.42 Å². The van der Waals surface area contributed by atoms with Crippen molar-refractivity contribution in [3.63, 3.8) is 0 Å². The lowest BCUT2D eigenvalue weighted by Crippen LogP contribution is -2.15. The molecule has 1 aromatic carbocycles. The summed E-state index contributed by atoms with van der Waals surface area (Å²) in [5.41, 5.74) is 3.55. The number of nitrogens with zero attached hydrogens (tertiary/aromatic N) is 2. The molecule has 3 rings (SSSR count). The Balaban J connectivity index is 2.23. The molecule has 0 unspecified atom stereocenters. The lowest BCUT2D eigenvalue weighted by Gasteiger charge is -2.02. The molecule has 0 bridgehead atoms. The molecule has 0 aliphatic carbocycles. The van der Waals surface area contributed by atoms with Gasteiger partial charge in [-0.2, -0.15) is 4.99 Å². The monoisotopic (exact) mass is 300 g/mol. The minimum absolute atomic E-state index is 0.267. The molecule has 2 aromatic heterocycles. The third-order valence-electron chi connectivity index (χ3n) is 3.36. The standard InChI is InChI=1S/C16H16N2O2S/c1-4-18-12-9-10(2)8-11(3)14(12)21-16(18)17-15(19)13-6-5-7-20-13/h5-9H,4H2,1-3H3. The highest BCUT2D eigenvalue weighted by Crippen LogP contribution is 2.23. The molecule has 0 N–H and O–H groups in total.